The minimum Gasteiger partial charge on any atom is -0.363 e. The van der Waals surface area contributed by atoms with Crippen LogP contribution in [-0.4, -0.2) is 26.2 Å². The highest BCUT2D eigenvalue weighted by Crippen LogP contribution is 2.26. The van der Waals surface area contributed by atoms with E-state index in [0.29, 0.717) is 0 Å². The number of rotatable bonds is 2. The highest BCUT2D eigenvalue weighted by molar-refractivity contribution is 5.59. The molecule has 124 valence electrons. The Labute approximate surface area is 144 Å². The molecule has 3 rings (SSSR count). The minimum absolute atomic E-state index is 0.765. The summed E-state index contributed by atoms with van der Waals surface area (Å²) < 4.78 is 0. The van der Waals surface area contributed by atoms with Gasteiger partial charge in [-0.25, -0.2) is 4.98 Å². The number of nitriles is 1. The quantitative estimate of drug-likeness (QED) is 0.854. The number of aromatic amines is 1. The normalized spacial score (nSPS) is 14.6. The summed E-state index contributed by atoms with van der Waals surface area (Å²) in [5, 5.41) is 9.51. The van der Waals surface area contributed by atoms with Gasteiger partial charge in [0.25, 0.3) is 5.82 Å². The van der Waals surface area contributed by atoms with Crippen molar-refractivity contribution >= 4 is 11.5 Å². The first-order chi connectivity index (χ1) is 11.5. The third-order valence-corrected chi connectivity index (χ3v) is 5.00. The number of nitrogens with zero attached hydrogens (tertiary/aromatic N) is 3. The fourth-order valence-corrected chi connectivity index (χ4v) is 3.50. The molecule has 1 aliphatic heterocycles. The highest BCUT2D eigenvalue weighted by Gasteiger charge is 2.28. The molecule has 0 radical (unpaired) electrons. The Morgan fingerprint density at radius 1 is 0.958 bits per heavy atom. The van der Waals surface area contributed by atoms with E-state index < -0.39 is 0 Å². The monoisotopic (exact) mass is 321 g/mol. The van der Waals surface area contributed by atoms with Crippen molar-refractivity contribution in [2.24, 2.45) is 0 Å². The first kappa shape index (κ1) is 16.3. The Hall–Kier alpha value is -2.54. The molecule has 2 heterocycles. The summed E-state index contributed by atoms with van der Waals surface area (Å²) in [7, 11) is 0. The van der Waals surface area contributed by atoms with Crippen molar-refractivity contribution in [2.45, 2.75) is 27.7 Å². The molecule has 1 aromatic heterocycles. The molecule has 0 aliphatic carbocycles. The van der Waals surface area contributed by atoms with Gasteiger partial charge in [0.15, 0.2) is 0 Å². The van der Waals surface area contributed by atoms with E-state index >= 15 is 0 Å². The summed E-state index contributed by atoms with van der Waals surface area (Å²) >= 11 is 0. The molecule has 0 bridgehead atoms. The summed E-state index contributed by atoms with van der Waals surface area (Å²) in [4.78, 5) is 8.16. The maximum atomic E-state index is 9.51. The van der Waals surface area contributed by atoms with Crippen LogP contribution in [0, 0.1) is 39.0 Å². The molecule has 0 unspecified atom stereocenters. The molecule has 1 fully saturated rings. The number of anilines is 2. The Morgan fingerprint density at radius 2 is 1.62 bits per heavy atom. The van der Waals surface area contributed by atoms with Crippen LogP contribution in [0.3, 0.4) is 0 Å². The van der Waals surface area contributed by atoms with E-state index in [2.05, 4.69) is 52.9 Å². The molecule has 1 N–H and O–H groups in total. The van der Waals surface area contributed by atoms with Crippen LogP contribution in [0.4, 0.5) is 11.5 Å². The Bertz CT molecular complexity index is 796. The zero-order chi connectivity index (χ0) is 17.3. The Morgan fingerprint density at radius 3 is 2.29 bits per heavy atom. The lowest BCUT2D eigenvalue weighted by Gasteiger charge is -2.34. The molecule has 24 heavy (non-hydrogen) atoms. The lowest BCUT2D eigenvalue weighted by Crippen LogP contribution is -2.49. The Balaban J connectivity index is 1.81. The maximum absolute atomic E-state index is 9.51. The smallest absolute Gasteiger partial charge is 0.293 e. The minimum atomic E-state index is 0.765. The van der Waals surface area contributed by atoms with E-state index in [0.717, 1.165) is 48.8 Å². The lowest BCUT2D eigenvalue weighted by atomic mass is 10.1. The number of pyridine rings is 1. The molecule has 0 saturated carbocycles. The zero-order valence-electron chi connectivity index (χ0n) is 15.0. The van der Waals surface area contributed by atoms with Crippen molar-refractivity contribution in [1.29, 1.82) is 5.26 Å². The molecule has 2 aromatic rings. The van der Waals surface area contributed by atoms with Crippen molar-refractivity contribution in [3.63, 3.8) is 0 Å². The number of hydrogen-bond donors (Lipinski definition) is 0. The van der Waals surface area contributed by atoms with Gasteiger partial charge in [0.05, 0.1) is 18.8 Å². The third kappa shape index (κ3) is 2.94. The van der Waals surface area contributed by atoms with Gasteiger partial charge < -0.3 is 4.90 Å². The van der Waals surface area contributed by atoms with E-state index in [1.54, 1.807) is 0 Å². The second-order valence-corrected chi connectivity index (χ2v) is 6.66. The number of aryl methyl sites for hydroxylation is 3. The summed E-state index contributed by atoms with van der Waals surface area (Å²) in [6, 6.07) is 10.9. The van der Waals surface area contributed by atoms with Crippen molar-refractivity contribution < 1.29 is 4.98 Å². The number of piperazine rings is 1. The fraction of sp³-hybridized carbons (Fsp3) is 0.400. The second kappa shape index (κ2) is 6.52. The molecular formula is C20H25N4+. The first-order valence-corrected chi connectivity index (χ1v) is 8.51. The maximum Gasteiger partial charge on any atom is 0.293 e. The average Bonchev–Trinajstić information content (AvgIpc) is 2.57. The van der Waals surface area contributed by atoms with Crippen molar-refractivity contribution in [1.82, 2.24) is 0 Å². The molecule has 4 nitrogen and oxygen atoms in total. The van der Waals surface area contributed by atoms with E-state index in [-0.39, 0.29) is 0 Å². The van der Waals surface area contributed by atoms with Gasteiger partial charge in [0.1, 0.15) is 24.7 Å². The van der Waals surface area contributed by atoms with Crippen LogP contribution in [0.1, 0.15) is 27.9 Å². The van der Waals surface area contributed by atoms with E-state index in [4.69, 9.17) is 0 Å². The molecule has 0 atom stereocenters. The fourth-order valence-electron chi connectivity index (χ4n) is 3.50. The van der Waals surface area contributed by atoms with Crippen molar-refractivity contribution in [3.8, 4) is 6.07 Å². The van der Waals surface area contributed by atoms with Crippen LogP contribution in [0.5, 0.6) is 0 Å². The number of nitrogens with one attached hydrogen (secondary N) is 1. The molecule has 1 aromatic carbocycles. The summed E-state index contributed by atoms with van der Waals surface area (Å²) in [6.45, 7) is 12.2. The number of benzene rings is 1. The van der Waals surface area contributed by atoms with E-state index in [1.807, 2.05) is 19.9 Å². The topological polar surface area (TPSA) is 44.4 Å². The predicted molar refractivity (Wildman–Crippen MR) is 97.5 cm³/mol. The number of hydrogen-bond acceptors (Lipinski definition) is 3. The molecule has 4 heteroatoms. The SMILES string of the molecule is Cc1cc(C)c(C#N)c(N2CCN(c3cccc(C)c3C)CC2)[nH+]1. The standard InChI is InChI=1S/C20H24N4/c1-14-6-5-7-19(17(14)4)23-8-10-24(11-9-23)20-18(13-21)15(2)12-16(3)22-20/h5-7,12H,8-11H2,1-4H3/p+1. The van der Waals surface area contributed by atoms with Crippen LogP contribution in [0.2, 0.25) is 0 Å². The first-order valence-electron chi connectivity index (χ1n) is 8.51. The van der Waals surface area contributed by atoms with Gasteiger partial charge in [-0.05, 0) is 56.5 Å². The highest BCUT2D eigenvalue weighted by atomic mass is 15.3. The van der Waals surface area contributed by atoms with Gasteiger partial charge >= 0.3 is 0 Å². The molecule has 0 amide bonds. The number of aromatic nitrogens is 1. The molecular weight excluding hydrogens is 296 g/mol. The largest absolute Gasteiger partial charge is 0.363 e. The van der Waals surface area contributed by atoms with Gasteiger partial charge in [-0.2, -0.15) is 5.26 Å². The molecule has 1 aliphatic rings. The predicted octanol–water partition coefficient (Wildman–Crippen LogP) is 2.93. The summed E-state index contributed by atoms with van der Waals surface area (Å²) in [6.07, 6.45) is 0. The van der Waals surface area contributed by atoms with Gasteiger partial charge in [-0.1, -0.05) is 12.1 Å². The van der Waals surface area contributed by atoms with Crippen molar-refractivity contribution in [3.05, 3.63) is 52.2 Å². The van der Waals surface area contributed by atoms with Crippen LogP contribution in [0.25, 0.3) is 0 Å². The molecule has 1 saturated heterocycles. The summed E-state index contributed by atoms with van der Waals surface area (Å²) in [5.74, 6) is 0.968. The number of H-pyrrole nitrogens is 1. The van der Waals surface area contributed by atoms with Crippen LogP contribution in [0.15, 0.2) is 24.3 Å². The lowest BCUT2D eigenvalue weighted by molar-refractivity contribution is -0.374. The van der Waals surface area contributed by atoms with Gasteiger partial charge in [0, 0.05) is 5.69 Å². The van der Waals surface area contributed by atoms with Gasteiger partial charge in [0.2, 0.25) is 0 Å². The van der Waals surface area contributed by atoms with Crippen LogP contribution < -0.4 is 14.8 Å². The van der Waals surface area contributed by atoms with E-state index in [9.17, 15) is 5.26 Å². The summed E-state index contributed by atoms with van der Waals surface area (Å²) in [5.41, 5.74) is 6.94. The molecule has 0 spiro atoms. The van der Waals surface area contributed by atoms with Crippen molar-refractivity contribution in [2.75, 3.05) is 36.0 Å². The Kier molecular flexibility index (Phi) is 4.44. The van der Waals surface area contributed by atoms with E-state index in [1.165, 1.54) is 16.8 Å². The van der Waals surface area contributed by atoms with Gasteiger partial charge in [-0.3, -0.25) is 4.90 Å². The van der Waals surface area contributed by atoms with Crippen LogP contribution in [-0.2, 0) is 0 Å². The average molecular weight is 321 g/mol. The second-order valence-electron chi connectivity index (χ2n) is 6.66. The zero-order valence-corrected chi connectivity index (χ0v) is 15.0. The van der Waals surface area contributed by atoms with Gasteiger partial charge in [-0.15, -0.1) is 0 Å². The van der Waals surface area contributed by atoms with Crippen LogP contribution >= 0.6 is 0 Å². The third-order valence-electron chi connectivity index (χ3n) is 5.00.